The minimum atomic E-state index is -4.31. The Hall–Kier alpha value is -0.500. The van der Waals surface area contributed by atoms with E-state index in [0.717, 1.165) is 38.5 Å². The highest BCUT2D eigenvalue weighted by Gasteiger charge is 2.27. The molecule has 0 radical (unpaired) electrons. The quantitative estimate of drug-likeness (QED) is 0.0353. The molecule has 0 heterocycles. The molecule has 0 saturated heterocycles. The minimum absolute atomic E-state index is 0.0924. The van der Waals surface area contributed by atoms with E-state index in [2.05, 4.69) is 19.2 Å². The van der Waals surface area contributed by atoms with Gasteiger partial charge in [-0.25, -0.2) is 4.57 Å². The summed E-state index contributed by atoms with van der Waals surface area (Å²) < 4.78 is 22.2. The van der Waals surface area contributed by atoms with Crippen molar-refractivity contribution in [3.8, 4) is 0 Å². The van der Waals surface area contributed by atoms with Crippen molar-refractivity contribution < 1.29 is 28.4 Å². The number of phosphoric ester groups is 1. The van der Waals surface area contributed by atoms with Crippen LogP contribution in [-0.4, -0.2) is 47.8 Å². The fourth-order valence-electron chi connectivity index (χ4n) is 8.79. The molecular formula is C53H109N2O6P. The monoisotopic (exact) mass is 901 g/mol. The Labute approximate surface area is 386 Å². The number of aliphatic hydroxyl groups excluding tert-OH is 1. The first-order valence-corrected chi connectivity index (χ1v) is 29.1. The summed E-state index contributed by atoms with van der Waals surface area (Å²) in [4.78, 5) is 22.8. The van der Waals surface area contributed by atoms with Gasteiger partial charge in [-0.05, 0) is 12.8 Å². The van der Waals surface area contributed by atoms with Crippen LogP contribution in [0.1, 0.15) is 303 Å². The summed E-state index contributed by atoms with van der Waals surface area (Å²) >= 11 is 0. The molecule has 8 nitrogen and oxygen atoms in total. The van der Waals surface area contributed by atoms with Crippen LogP contribution in [-0.2, 0) is 18.4 Å². The lowest BCUT2D eigenvalue weighted by molar-refractivity contribution is -0.123. The van der Waals surface area contributed by atoms with Gasteiger partial charge in [0.2, 0.25) is 5.91 Å². The third kappa shape index (κ3) is 47.5. The van der Waals surface area contributed by atoms with Crippen LogP contribution in [0, 0.1) is 0 Å². The predicted octanol–water partition coefficient (Wildman–Crippen LogP) is 16.5. The molecule has 0 aromatic rings. The predicted molar refractivity (Wildman–Crippen MR) is 268 cm³/mol. The smallest absolute Gasteiger partial charge is 0.391 e. The van der Waals surface area contributed by atoms with E-state index >= 15 is 0 Å². The largest absolute Gasteiger partial charge is 0.472 e. The fourth-order valence-corrected chi connectivity index (χ4v) is 9.55. The number of phosphoric acid groups is 1. The first-order chi connectivity index (χ1) is 30.4. The summed E-state index contributed by atoms with van der Waals surface area (Å²) in [5.41, 5.74) is 5.39. The maximum absolute atomic E-state index is 12.8. The van der Waals surface area contributed by atoms with Crippen LogP contribution in [0.3, 0.4) is 0 Å². The maximum atomic E-state index is 12.8. The fraction of sp³-hybridized carbons (Fsp3) is 0.981. The molecule has 0 aromatic carbocycles. The number of nitrogens with two attached hydrogens (primary N) is 1. The van der Waals surface area contributed by atoms with E-state index in [-0.39, 0.29) is 25.7 Å². The Morgan fingerprint density at radius 2 is 0.742 bits per heavy atom. The first kappa shape index (κ1) is 61.5. The highest BCUT2D eigenvalue weighted by atomic mass is 31.2. The lowest BCUT2D eigenvalue weighted by Gasteiger charge is -2.25. The number of rotatable bonds is 53. The number of carbonyl (C=O) groups is 1. The molecule has 0 aliphatic carbocycles. The molecule has 0 saturated carbocycles. The number of amides is 1. The van der Waals surface area contributed by atoms with Crippen LogP contribution in [0.5, 0.6) is 0 Å². The van der Waals surface area contributed by atoms with E-state index in [1.807, 2.05) is 0 Å². The SMILES string of the molecule is CCCCCCCCCCCCCCCCCCCCCCCCCCCCCCCCCCCC(=O)N[C@@H](COP(=O)(O)OCCN)[C@H](O)CCCCCCCCCCCC. The normalized spacial score (nSPS) is 13.7. The minimum Gasteiger partial charge on any atom is -0.391 e. The molecule has 62 heavy (non-hydrogen) atoms. The van der Waals surface area contributed by atoms with E-state index in [1.54, 1.807) is 0 Å². The molecule has 0 spiro atoms. The Bertz CT molecular complexity index is 942. The average Bonchev–Trinajstić information content (AvgIpc) is 3.26. The van der Waals surface area contributed by atoms with E-state index in [1.165, 1.54) is 238 Å². The van der Waals surface area contributed by atoms with Gasteiger partial charge in [0.15, 0.2) is 0 Å². The number of nitrogens with one attached hydrogen (secondary N) is 1. The third-order valence-electron chi connectivity index (χ3n) is 13.0. The molecule has 0 rings (SSSR count). The molecule has 0 aliphatic heterocycles. The second-order valence-electron chi connectivity index (χ2n) is 19.2. The standard InChI is InChI=1S/C53H109N2O6P/c1-3-5-7-9-11-13-15-16-17-18-19-20-21-22-23-24-25-26-27-28-29-30-31-32-33-34-35-36-37-39-41-43-45-47-53(57)55-51(50-61-62(58,59)60-49-48-54)52(56)46-44-42-40-38-14-12-10-8-6-4-2/h51-52,56H,3-50,54H2,1-2H3,(H,55,57)(H,58,59)/t51-,52+/m0/s1. The highest BCUT2D eigenvalue weighted by molar-refractivity contribution is 7.47. The van der Waals surface area contributed by atoms with Crippen molar-refractivity contribution in [3.63, 3.8) is 0 Å². The van der Waals surface area contributed by atoms with E-state index in [4.69, 9.17) is 14.8 Å². The van der Waals surface area contributed by atoms with Crippen LogP contribution in [0.4, 0.5) is 0 Å². The van der Waals surface area contributed by atoms with Crippen molar-refractivity contribution >= 4 is 13.7 Å². The molecule has 0 fully saturated rings. The van der Waals surface area contributed by atoms with E-state index in [9.17, 15) is 19.4 Å². The van der Waals surface area contributed by atoms with Crippen LogP contribution in [0.15, 0.2) is 0 Å². The van der Waals surface area contributed by atoms with Gasteiger partial charge >= 0.3 is 7.82 Å². The second kappa shape index (κ2) is 49.9. The van der Waals surface area contributed by atoms with Gasteiger partial charge in [0, 0.05) is 13.0 Å². The van der Waals surface area contributed by atoms with Crippen LogP contribution >= 0.6 is 7.82 Å². The number of carbonyl (C=O) groups excluding carboxylic acids is 1. The van der Waals surface area contributed by atoms with Crippen molar-refractivity contribution in [2.75, 3.05) is 19.8 Å². The molecule has 0 aliphatic rings. The lowest BCUT2D eigenvalue weighted by atomic mass is 10.0. The van der Waals surface area contributed by atoms with Gasteiger partial charge in [-0.15, -0.1) is 0 Å². The van der Waals surface area contributed by atoms with Gasteiger partial charge in [-0.1, -0.05) is 284 Å². The molecule has 0 aromatic heterocycles. The van der Waals surface area contributed by atoms with Crippen molar-refractivity contribution in [1.82, 2.24) is 5.32 Å². The molecule has 1 unspecified atom stereocenters. The molecule has 0 bridgehead atoms. The zero-order valence-corrected chi connectivity index (χ0v) is 42.5. The number of aliphatic hydroxyl groups is 1. The molecule has 3 atom stereocenters. The summed E-state index contributed by atoms with van der Waals surface area (Å²) in [5.74, 6) is -0.155. The molecule has 5 N–H and O–H groups in total. The van der Waals surface area contributed by atoms with Crippen LogP contribution in [0.25, 0.3) is 0 Å². The maximum Gasteiger partial charge on any atom is 0.472 e. The van der Waals surface area contributed by atoms with Gasteiger partial charge in [0.1, 0.15) is 0 Å². The van der Waals surface area contributed by atoms with Crippen LogP contribution in [0.2, 0.25) is 0 Å². The molecule has 9 heteroatoms. The summed E-state index contributed by atoms with van der Waals surface area (Å²) in [6.45, 7) is 4.24. The highest BCUT2D eigenvalue weighted by Crippen LogP contribution is 2.43. The summed E-state index contributed by atoms with van der Waals surface area (Å²) in [5, 5.41) is 13.8. The van der Waals surface area contributed by atoms with E-state index < -0.39 is 20.0 Å². The van der Waals surface area contributed by atoms with Gasteiger partial charge in [0.25, 0.3) is 0 Å². The average molecular weight is 901 g/mol. The first-order valence-electron chi connectivity index (χ1n) is 27.7. The summed E-state index contributed by atoms with van der Waals surface area (Å²) in [7, 11) is -4.31. The van der Waals surface area contributed by atoms with E-state index in [0.29, 0.717) is 12.8 Å². The van der Waals surface area contributed by atoms with Crippen molar-refractivity contribution in [1.29, 1.82) is 0 Å². The third-order valence-corrected chi connectivity index (χ3v) is 13.9. The second-order valence-corrected chi connectivity index (χ2v) is 20.6. The van der Waals surface area contributed by atoms with Gasteiger partial charge in [-0.2, -0.15) is 0 Å². The Morgan fingerprint density at radius 3 is 1.03 bits per heavy atom. The number of hydrogen-bond donors (Lipinski definition) is 4. The Morgan fingerprint density at radius 1 is 0.468 bits per heavy atom. The zero-order chi connectivity index (χ0) is 45.3. The van der Waals surface area contributed by atoms with Gasteiger partial charge in [-0.3, -0.25) is 13.8 Å². The van der Waals surface area contributed by atoms with Gasteiger partial charge < -0.3 is 21.1 Å². The molecule has 1 amide bonds. The van der Waals surface area contributed by atoms with Crippen LogP contribution < -0.4 is 11.1 Å². The number of hydrogen-bond acceptors (Lipinski definition) is 6. The lowest BCUT2D eigenvalue weighted by Crippen LogP contribution is -2.46. The number of unbranched alkanes of at least 4 members (excludes halogenated alkanes) is 41. The van der Waals surface area contributed by atoms with Gasteiger partial charge in [0.05, 0.1) is 25.4 Å². The van der Waals surface area contributed by atoms with Crippen molar-refractivity contribution in [2.45, 2.75) is 315 Å². The van der Waals surface area contributed by atoms with Crippen molar-refractivity contribution in [2.24, 2.45) is 5.73 Å². The Balaban J connectivity index is 3.71. The summed E-state index contributed by atoms with van der Waals surface area (Å²) in [6.07, 6.45) is 57.5. The van der Waals surface area contributed by atoms with Crippen molar-refractivity contribution in [3.05, 3.63) is 0 Å². The zero-order valence-electron chi connectivity index (χ0n) is 41.6. The summed E-state index contributed by atoms with van der Waals surface area (Å²) in [6, 6.07) is -0.767. The molecular weight excluding hydrogens is 792 g/mol. The Kier molecular flexibility index (Phi) is 49.5. The molecule has 372 valence electrons. The topological polar surface area (TPSA) is 131 Å².